The Balaban J connectivity index is 2.43. The number of nitrogens with one attached hydrogen (secondary N) is 2. The molecule has 0 spiro atoms. The van der Waals surface area contributed by atoms with Crippen LogP contribution in [0.3, 0.4) is 0 Å². The van der Waals surface area contributed by atoms with Gasteiger partial charge in [-0.1, -0.05) is 13.3 Å². The first-order valence-electron chi connectivity index (χ1n) is 6.43. The van der Waals surface area contributed by atoms with Crippen LogP contribution in [0.1, 0.15) is 32.6 Å². The average molecular weight is 272 g/mol. The van der Waals surface area contributed by atoms with E-state index in [2.05, 4.69) is 10.6 Å². The van der Waals surface area contributed by atoms with Crippen molar-refractivity contribution in [3.63, 3.8) is 0 Å². The van der Waals surface area contributed by atoms with Crippen molar-refractivity contribution in [1.29, 1.82) is 0 Å². The van der Waals surface area contributed by atoms with E-state index in [1.165, 1.54) is 0 Å². The molecule has 1 fully saturated rings. The summed E-state index contributed by atoms with van der Waals surface area (Å²) >= 11 is 0. The number of ether oxygens (including phenoxy) is 1. The first kappa shape index (κ1) is 15.6. The Kier molecular flexibility index (Phi) is 5.91. The Hall–Kier alpha value is -1.47. The van der Waals surface area contributed by atoms with Crippen LogP contribution in [0.2, 0.25) is 0 Å². The Morgan fingerprint density at radius 3 is 2.63 bits per heavy atom. The van der Waals surface area contributed by atoms with Gasteiger partial charge < -0.3 is 15.2 Å². The molecule has 0 aromatic carbocycles. The molecule has 1 rings (SSSR count). The van der Waals surface area contributed by atoms with E-state index < -0.39 is 23.4 Å². The first-order chi connectivity index (χ1) is 9.00. The molecule has 0 radical (unpaired) electrons. The molecule has 108 valence electrons. The maximum Gasteiger partial charge on any atom is 0.334 e. The molecule has 0 bridgehead atoms. The van der Waals surface area contributed by atoms with Gasteiger partial charge in [-0.2, -0.15) is 0 Å². The molecule has 0 aromatic heterocycles. The minimum absolute atomic E-state index is 0.291. The van der Waals surface area contributed by atoms with E-state index in [-0.39, 0.29) is 13.1 Å². The SMILES string of the molecule is CCC[C@@]1(C(=O)OC(=O)CNCC(=O)O)CCCN1. The summed E-state index contributed by atoms with van der Waals surface area (Å²) in [7, 11) is 0. The van der Waals surface area contributed by atoms with Crippen LogP contribution in [0, 0.1) is 0 Å². The van der Waals surface area contributed by atoms with Crippen molar-refractivity contribution >= 4 is 17.9 Å². The number of rotatable bonds is 7. The fourth-order valence-corrected chi connectivity index (χ4v) is 2.23. The molecule has 1 atom stereocenters. The van der Waals surface area contributed by atoms with Gasteiger partial charge in [0.05, 0.1) is 13.1 Å². The third-order valence-electron chi connectivity index (χ3n) is 3.06. The molecule has 0 aromatic rings. The average Bonchev–Trinajstić information content (AvgIpc) is 2.78. The summed E-state index contributed by atoms with van der Waals surface area (Å²) < 4.78 is 4.78. The van der Waals surface area contributed by atoms with Gasteiger partial charge in [0.15, 0.2) is 0 Å². The van der Waals surface area contributed by atoms with Gasteiger partial charge in [0.25, 0.3) is 0 Å². The summed E-state index contributed by atoms with van der Waals surface area (Å²) in [5, 5.41) is 13.9. The highest BCUT2D eigenvalue weighted by atomic mass is 16.6. The summed E-state index contributed by atoms with van der Waals surface area (Å²) in [5.74, 6) is -2.39. The monoisotopic (exact) mass is 272 g/mol. The lowest BCUT2D eigenvalue weighted by molar-refractivity contribution is -0.164. The van der Waals surface area contributed by atoms with Gasteiger partial charge in [-0.15, -0.1) is 0 Å². The van der Waals surface area contributed by atoms with Crippen LogP contribution < -0.4 is 10.6 Å². The van der Waals surface area contributed by atoms with Gasteiger partial charge in [0.2, 0.25) is 0 Å². The van der Waals surface area contributed by atoms with E-state index in [9.17, 15) is 14.4 Å². The molecular formula is C12H20N2O5. The fraction of sp³-hybridized carbons (Fsp3) is 0.750. The number of esters is 2. The third kappa shape index (κ3) is 4.60. The maximum absolute atomic E-state index is 12.0. The second-order valence-electron chi connectivity index (χ2n) is 4.62. The maximum atomic E-state index is 12.0. The van der Waals surface area contributed by atoms with E-state index in [1.54, 1.807) is 0 Å². The summed E-state index contributed by atoms with van der Waals surface area (Å²) in [6.07, 6.45) is 2.98. The number of carbonyl (C=O) groups excluding carboxylic acids is 2. The zero-order valence-corrected chi connectivity index (χ0v) is 11.0. The molecule has 3 N–H and O–H groups in total. The van der Waals surface area contributed by atoms with Crippen molar-refractivity contribution < 1.29 is 24.2 Å². The normalized spacial score (nSPS) is 22.2. The Bertz CT molecular complexity index is 350. The van der Waals surface area contributed by atoms with Crippen LogP contribution in [0.5, 0.6) is 0 Å². The molecule has 0 amide bonds. The highest BCUT2D eigenvalue weighted by molar-refractivity contribution is 5.92. The predicted octanol–water partition coefficient (Wildman–Crippen LogP) is -0.347. The van der Waals surface area contributed by atoms with Crippen LogP contribution in [-0.4, -0.2) is 48.2 Å². The van der Waals surface area contributed by atoms with Crippen molar-refractivity contribution in [2.24, 2.45) is 0 Å². The zero-order valence-electron chi connectivity index (χ0n) is 11.0. The lowest BCUT2D eigenvalue weighted by Crippen LogP contribution is -2.49. The standard InChI is InChI=1S/C12H20N2O5/c1-2-4-12(5-3-6-14-12)11(18)19-10(17)8-13-7-9(15)16/h13-14H,2-8H2,1H3,(H,15,16)/t12-/m0/s1. The van der Waals surface area contributed by atoms with Crippen molar-refractivity contribution in [1.82, 2.24) is 10.6 Å². The largest absolute Gasteiger partial charge is 0.480 e. The quantitative estimate of drug-likeness (QED) is 0.430. The van der Waals surface area contributed by atoms with Crippen LogP contribution >= 0.6 is 0 Å². The summed E-state index contributed by atoms with van der Waals surface area (Å²) in [5.41, 5.74) is -0.753. The van der Waals surface area contributed by atoms with Crippen molar-refractivity contribution in [3.8, 4) is 0 Å². The fourth-order valence-electron chi connectivity index (χ4n) is 2.23. The highest BCUT2D eigenvalue weighted by Crippen LogP contribution is 2.26. The number of hydrogen-bond donors (Lipinski definition) is 3. The van der Waals surface area contributed by atoms with E-state index in [0.717, 1.165) is 19.4 Å². The second-order valence-corrected chi connectivity index (χ2v) is 4.62. The number of aliphatic carboxylic acids is 1. The van der Waals surface area contributed by atoms with Crippen molar-refractivity contribution in [2.45, 2.75) is 38.1 Å². The third-order valence-corrected chi connectivity index (χ3v) is 3.06. The van der Waals surface area contributed by atoms with E-state index in [4.69, 9.17) is 9.84 Å². The molecule has 1 aliphatic rings. The molecule has 1 heterocycles. The van der Waals surface area contributed by atoms with E-state index >= 15 is 0 Å². The Morgan fingerprint density at radius 1 is 1.37 bits per heavy atom. The molecular weight excluding hydrogens is 252 g/mol. The first-order valence-corrected chi connectivity index (χ1v) is 6.43. The zero-order chi connectivity index (χ0) is 14.3. The number of carbonyl (C=O) groups is 3. The van der Waals surface area contributed by atoms with Gasteiger partial charge >= 0.3 is 17.9 Å². The predicted molar refractivity (Wildman–Crippen MR) is 66.5 cm³/mol. The minimum atomic E-state index is -1.07. The second kappa shape index (κ2) is 7.20. The van der Waals surface area contributed by atoms with Crippen molar-refractivity contribution in [3.05, 3.63) is 0 Å². The van der Waals surface area contributed by atoms with Crippen LogP contribution in [-0.2, 0) is 19.1 Å². The number of hydrogen-bond acceptors (Lipinski definition) is 6. The molecule has 7 nitrogen and oxygen atoms in total. The summed E-state index contributed by atoms with van der Waals surface area (Å²) in [4.78, 5) is 33.7. The lowest BCUT2D eigenvalue weighted by Gasteiger charge is -2.25. The van der Waals surface area contributed by atoms with Crippen LogP contribution in [0.4, 0.5) is 0 Å². The van der Waals surface area contributed by atoms with E-state index in [0.29, 0.717) is 12.8 Å². The molecule has 0 unspecified atom stereocenters. The molecule has 0 saturated carbocycles. The minimum Gasteiger partial charge on any atom is -0.480 e. The topological polar surface area (TPSA) is 105 Å². The van der Waals surface area contributed by atoms with Crippen LogP contribution in [0.15, 0.2) is 0 Å². The van der Waals surface area contributed by atoms with Crippen LogP contribution in [0.25, 0.3) is 0 Å². The smallest absolute Gasteiger partial charge is 0.334 e. The van der Waals surface area contributed by atoms with Gasteiger partial charge in [-0.3, -0.25) is 14.9 Å². The molecule has 7 heteroatoms. The Morgan fingerprint density at radius 2 is 2.11 bits per heavy atom. The van der Waals surface area contributed by atoms with E-state index in [1.807, 2.05) is 6.92 Å². The van der Waals surface area contributed by atoms with Gasteiger partial charge in [-0.05, 0) is 25.8 Å². The Labute approximate surface area is 111 Å². The number of carboxylic acid groups (broad SMARTS) is 1. The number of carboxylic acids is 1. The van der Waals surface area contributed by atoms with Gasteiger partial charge in [0, 0.05) is 0 Å². The van der Waals surface area contributed by atoms with Gasteiger partial charge in [0.1, 0.15) is 5.54 Å². The van der Waals surface area contributed by atoms with Crippen molar-refractivity contribution in [2.75, 3.05) is 19.6 Å². The summed E-state index contributed by atoms with van der Waals surface area (Å²) in [6, 6.07) is 0. The highest BCUT2D eigenvalue weighted by Gasteiger charge is 2.42. The summed E-state index contributed by atoms with van der Waals surface area (Å²) in [6.45, 7) is 2.06. The molecule has 1 saturated heterocycles. The molecule has 1 aliphatic heterocycles. The molecule has 0 aliphatic carbocycles. The van der Waals surface area contributed by atoms with Gasteiger partial charge in [-0.25, -0.2) is 4.79 Å². The molecule has 19 heavy (non-hydrogen) atoms. The lowest BCUT2D eigenvalue weighted by atomic mass is 9.92.